The molecule has 0 aliphatic carbocycles. The fourth-order valence-corrected chi connectivity index (χ4v) is 4.37. The Morgan fingerprint density at radius 2 is 1.69 bits per heavy atom. The van der Waals surface area contributed by atoms with Crippen molar-refractivity contribution in [2.24, 2.45) is 0 Å². The van der Waals surface area contributed by atoms with Crippen molar-refractivity contribution in [2.45, 2.75) is 16.7 Å². The summed E-state index contributed by atoms with van der Waals surface area (Å²) in [6.45, 7) is 1.88. The molecular formula is C21H19ClN2O3S2. The van der Waals surface area contributed by atoms with Crippen molar-refractivity contribution in [3.8, 4) is 0 Å². The summed E-state index contributed by atoms with van der Waals surface area (Å²) < 4.78 is 27.5. The largest absolute Gasteiger partial charge is 0.322 e. The summed E-state index contributed by atoms with van der Waals surface area (Å²) in [6.07, 6.45) is 1.95. The molecule has 0 saturated carbocycles. The van der Waals surface area contributed by atoms with Gasteiger partial charge >= 0.3 is 0 Å². The van der Waals surface area contributed by atoms with Crippen LogP contribution in [0.2, 0.25) is 5.02 Å². The van der Waals surface area contributed by atoms with E-state index in [4.69, 9.17) is 11.6 Å². The first kappa shape index (κ1) is 21.2. The molecule has 0 aliphatic rings. The molecule has 0 radical (unpaired) electrons. The number of nitrogens with one attached hydrogen (secondary N) is 2. The zero-order chi connectivity index (χ0) is 21.0. The molecule has 0 saturated heterocycles. The van der Waals surface area contributed by atoms with Gasteiger partial charge in [-0.3, -0.25) is 9.52 Å². The van der Waals surface area contributed by atoms with Crippen molar-refractivity contribution in [1.82, 2.24) is 0 Å². The maximum Gasteiger partial charge on any atom is 0.261 e. The summed E-state index contributed by atoms with van der Waals surface area (Å²) in [7, 11) is -3.75. The van der Waals surface area contributed by atoms with Gasteiger partial charge in [0.1, 0.15) is 0 Å². The molecule has 0 unspecified atom stereocenters. The van der Waals surface area contributed by atoms with Gasteiger partial charge in [-0.1, -0.05) is 35.4 Å². The van der Waals surface area contributed by atoms with Crippen LogP contribution in [0.1, 0.15) is 15.9 Å². The van der Waals surface area contributed by atoms with Crippen LogP contribution in [0.25, 0.3) is 0 Å². The number of rotatable bonds is 6. The normalized spacial score (nSPS) is 11.1. The lowest BCUT2D eigenvalue weighted by atomic mass is 10.2. The number of hydrogen-bond donors (Lipinski definition) is 2. The van der Waals surface area contributed by atoms with Gasteiger partial charge in [0.2, 0.25) is 0 Å². The van der Waals surface area contributed by atoms with Crippen molar-refractivity contribution in [3.63, 3.8) is 0 Å². The second-order valence-corrected chi connectivity index (χ2v) is 9.27. The third-order valence-electron chi connectivity index (χ3n) is 4.12. The first-order valence-electron chi connectivity index (χ1n) is 8.63. The van der Waals surface area contributed by atoms with E-state index in [0.29, 0.717) is 5.69 Å². The number of carbonyl (C=O) groups excluding carboxylic acids is 1. The molecule has 0 heterocycles. The van der Waals surface area contributed by atoms with Crippen molar-refractivity contribution in [2.75, 3.05) is 16.3 Å². The standard InChI is InChI=1S/C21H19ClN2O3S2/c1-14-6-9-18(10-7-14)29(26,27)24-16-8-11-19(20(22)13-16)21(25)23-15-4-3-5-17(12-15)28-2/h3-13,24H,1-2H3,(H,23,25). The molecule has 5 nitrogen and oxygen atoms in total. The number of sulfonamides is 1. The Morgan fingerprint density at radius 3 is 2.34 bits per heavy atom. The minimum Gasteiger partial charge on any atom is -0.322 e. The zero-order valence-electron chi connectivity index (χ0n) is 15.8. The smallest absolute Gasteiger partial charge is 0.261 e. The van der Waals surface area contributed by atoms with Crippen LogP contribution in [-0.2, 0) is 10.0 Å². The topological polar surface area (TPSA) is 75.3 Å². The van der Waals surface area contributed by atoms with Gasteiger partial charge in [0.15, 0.2) is 0 Å². The second kappa shape index (κ2) is 8.90. The first-order chi connectivity index (χ1) is 13.8. The van der Waals surface area contributed by atoms with Crippen LogP contribution in [0.15, 0.2) is 76.5 Å². The summed E-state index contributed by atoms with van der Waals surface area (Å²) in [4.78, 5) is 13.7. The predicted molar refractivity (Wildman–Crippen MR) is 120 cm³/mol. The van der Waals surface area contributed by atoms with Crippen LogP contribution in [0, 0.1) is 6.92 Å². The van der Waals surface area contributed by atoms with Gasteiger partial charge in [0.05, 0.1) is 21.2 Å². The number of anilines is 2. The van der Waals surface area contributed by atoms with Crippen molar-refractivity contribution in [3.05, 3.63) is 82.9 Å². The average molecular weight is 447 g/mol. The summed E-state index contributed by atoms with van der Waals surface area (Å²) >= 11 is 7.82. The number of aryl methyl sites for hydroxylation is 1. The molecule has 0 fully saturated rings. The van der Waals surface area contributed by atoms with E-state index in [0.717, 1.165) is 10.5 Å². The predicted octanol–water partition coefficient (Wildman–Crippen LogP) is 5.42. The minimum atomic E-state index is -3.75. The summed E-state index contributed by atoms with van der Waals surface area (Å²) in [5.41, 5.74) is 2.14. The van der Waals surface area contributed by atoms with Gasteiger partial charge in [-0.2, -0.15) is 0 Å². The van der Waals surface area contributed by atoms with Crippen molar-refractivity contribution in [1.29, 1.82) is 0 Å². The monoisotopic (exact) mass is 446 g/mol. The van der Waals surface area contributed by atoms with Gasteiger partial charge in [-0.25, -0.2) is 8.42 Å². The van der Waals surface area contributed by atoms with E-state index in [1.54, 1.807) is 30.0 Å². The van der Waals surface area contributed by atoms with Crippen molar-refractivity contribution < 1.29 is 13.2 Å². The highest BCUT2D eigenvalue weighted by Crippen LogP contribution is 2.25. The SMILES string of the molecule is CSc1cccc(NC(=O)c2ccc(NS(=O)(=O)c3ccc(C)cc3)cc2Cl)c1. The number of benzene rings is 3. The maximum atomic E-state index is 12.5. The lowest BCUT2D eigenvalue weighted by Gasteiger charge is -2.11. The van der Waals surface area contributed by atoms with E-state index in [-0.39, 0.29) is 27.1 Å². The summed E-state index contributed by atoms with van der Waals surface area (Å²) in [5.74, 6) is -0.374. The summed E-state index contributed by atoms with van der Waals surface area (Å²) in [6, 6.07) is 18.4. The average Bonchev–Trinajstić information content (AvgIpc) is 2.68. The summed E-state index contributed by atoms with van der Waals surface area (Å²) in [5, 5.41) is 2.94. The molecule has 3 aromatic rings. The van der Waals surface area contributed by atoms with Gasteiger partial charge < -0.3 is 5.32 Å². The molecule has 3 rings (SSSR count). The lowest BCUT2D eigenvalue weighted by Crippen LogP contribution is -2.15. The Bertz CT molecular complexity index is 1150. The fraction of sp³-hybridized carbons (Fsp3) is 0.0952. The second-order valence-electron chi connectivity index (χ2n) is 6.30. The Labute approximate surface area is 179 Å². The van der Waals surface area contributed by atoms with Gasteiger partial charge in [0, 0.05) is 10.6 Å². The van der Waals surface area contributed by atoms with E-state index in [9.17, 15) is 13.2 Å². The number of thioether (sulfide) groups is 1. The highest BCUT2D eigenvalue weighted by Gasteiger charge is 2.16. The fourth-order valence-electron chi connectivity index (χ4n) is 2.59. The van der Waals surface area contributed by atoms with Crippen molar-refractivity contribution >= 4 is 50.7 Å². The van der Waals surface area contributed by atoms with E-state index in [1.807, 2.05) is 31.4 Å². The van der Waals surface area contributed by atoms with Crippen LogP contribution < -0.4 is 10.0 Å². The molecular weight excluding hydrogens is 428 g/mol. The Morgan fingerprint density at radius 1 is 0.966 bits per heavy atom. The third kappa shape index (κ3) is 5.32. The maximum absolute atomic E-state index is 12.5. The highest BCUT2D eigenvalue weighted by molar-refractivity contribution is 7.98. The third-order valence-corrected chi connectivity index (χ3v) is 6.56. The number of amides is 1. The van der Waals surface area contributed by atoms with Gasteiger partial charge in [0.25, 0.3) is 15.9 Å². The van der Waals surface area contributed by atoms with Crippen LogP contribution in [0.4, 0.5) is 11.4 Å². The zero-order valence-corrected chi connectivity index (χ0v) is 18.2. The van der Waals surface area contributed by atoms with Crippen LogP contribution in [0.3, 0.4) is 0 Å². The quantitative estimate of drug-likeness (QED) is 0.495. The van der Waals surface area contributed by atoms with Crippen LogP contribution in [0.5, 0.6) is 0 Å². The molecule has 0 aromatic heterocycles. The molecule has 0 bridgehead atoms. The molecule has 0 spiro atoms. The molecule has 3 aromatic carbocycles. The number of halogens is 1. The lowest BCUT2D eigenvalue weighted by molar-refractivity contribution is 0.102. The molecule has 8 heteroatoms. The van der Waals surface area contributed by atoms with Crippen LogP contribution in [-0.4, -0.2) is 20.6 Å². The highest BCUT2D eigenvalue weighted by atomic mass is 35.5. The van der Waals surface area contributed by atoms with E-state index >= 15 is 0 Å². The van der Waals surface area contributed by atoms with Gasteiger partial charge in [-0.05, 0) is 61.7 Å². The molecule has 1 amide bonds. The Kier molecular flexibility index (Phi) is 6.52. The van der Waals surface area contributed by atoms with E-state index in [1.165, 1.54) is 30.3 Å². The van der Waals surface area contributed by atoms with Gasteiger partial charge in [-0.15, -0.1) is 11.8 Å². The number of hydrogen-bond acceptors (Lipinski definition) is 4. The molecule has 2 N–H and O–H groups in total. The Balaban J connectivity index is 1.77. The number of carbonyl (C=O) groups is 1. The Hall–Kier alpha value is -2.48. The molecule has 0 aliphatic heterocycles. The first-order valence-corrected chi connectivity index (χ1v) is 11.7. The van der Waals surface area contributed by atoms with E-state index < -0.39 is 10.0 Å². The molecule has 150 valence electrons. The van der Waals surface area contributed by atoms with Crippen LogP contribution >= 0.6 is 23.4 Å². The van der Waals surface area contributed by atoms with E-state index in [2.05, 4.69) is 10.0 Å². The molecule has 0 atom stereocenters. The molecule has 29 heavy (non-hydrogen) atoms. The minimum absolute atomic E-state index is 0.146.